The molecule has 26 heavy (non-hydrogen) atoms. The molecule has 1 aromatic heterocycles. The number of nitrogens with zero attached hydrogens (tertiary/aromatic N) is 3. The number of nitrogens with one attached hydrogen (secondary N) is 1. The van der Waals surface area contributed by atoms with Crippen molar-refractivity contribution >= 4 is 5.91 Å². The van der Waals surface area contributed by atoms with Crippen LogP contribution in [0.3, 0.4) is 0 Å². The summed E-state index contributed by atoms with van der Waals surface area (Å²) in [7, 11) is 0. The highest BCUT2D eigenvalue weighted by Crippen LogP contribution is 2.36. The van der Waals surface area contributed by atoms with Gasteiger partial charge in [-0.3, -0.25) is 9.48 Å². The van der Waals surface area contributed by atoms with Crippen LogP contribution in [0.4, 0.5) is 0 Å². The van der Waals surface area contributed by atoms with Gasteiger partial charge in [-0.15, -0.1) is 0 Å². The van der Waals surface area contributed by atoms with Crippen LogP contribution in [0.15, 0.2) is 48.8 Å². The first-order valence-corrected chi connectivity index (χ1v) is 9.43. The van der Waals surface area contributed by atoms with Crippen molar-refractivity contribution in [1.82, 2.24) is 20.0 Å². The second-order valence-electron chi connectivity index (χ2n) is 7.17. The lowest BCUT2D eigenvalue weighted by Crippen LogP contribution is -2.56. The highest BCUT2D eigenvalue weighted by Gasteiger charge is 2.44. The topological polar surface area (TPSA) is 59.4 Å². The van der Waals surface area contributed by atoms with Gasteiger partial charge in [-0.25, -0.2) is 0 Å². The van der Waals surface area contributed by atoms with E-state index in [1.807, 2.05) is 40.0 Å². The molecular formula is C20H26N4O2. The summed E-state index contributed by atoms with van der Waals surface area (Å²) >= 11 is 0. The summed E-state index contributed by atoms with van der Waals surface area (Å²) in [5.74, 6) is 0.249. The first kappa shape index (κ1) is 17.2. The van der Waals surface area contributed by atoms with Crippen LogP contribution in [0, 0.1) is 0 Å². The van der Waals surface area contributed by atoms with Crippen molar-refractivity contribution in [3.05, 3.63) is 54.4 Å². The van der Waals surface area contributed by atoms with Crippen LogP contribution < -0.4 is 5.32 Å². The predicted molar refractivity (Wildman–Crippen MR) is 98.8 cm³/mol. The smallest absolute Gasteiger partial charge is 0.233 e. The third-order valence-electron chi connectivity index (χ3n) is 5.57. The minimum absolute atomic E-state index is 0.0119. The molecule has 0 bridgehead atoms. The lowest BCUT2D eigenvalue weighted by Gasteiger charge is -2.43. The Kier molecular flexibility index (Phi) is 5.04. The Bertz CT molecular complexity index is 711. The number of amides is 1. The molecule has 1 amide bonds. The Hall–Kier alpha value is -2.18. The second-order valence-corrected chi connectivity index (χ2v) is 7.17. The van der Waals surface area contributed by atoms with E-state index < -0.39 is 5.41 Å². The van der Waals surface area contributed by atoms with Gasteiger partial charge in [0, 0.05) is 25.5 Å². The maximum atomic E-state index is 13.6. The molecule has 138 valence electrons. The van der Waals surface area contributed by atoms with Crippen LogP contribution in [0.2, 0.25) is 0 Å². The van der Waals surface area contributed by atoms with E-state index in [0.717, 1.165) is 31.5 Å². The van der Waals surface area contributed by atoms with Crippen molar-refractivity contribution in [2.75, 3.05) is 32.8 Å². The summed E-state index contributed by atoms with van der Waals surface area (Å²) < 4.78 is 7.76. The number of carbonyl (C=O) groups excluding carboxylic acids is 1. The largest absolute Gasteiger partial charge is 0.373 e. The molecule has 0 radical (unpaired) electrons. The zero-order valence-electron chi connectivity index (χ0n) is 15.0. The zero-order chi connectivity index (χ0) is 17.8. The number of ether oxygens (including phenoxy) is 1. The van der Waals surface area contributed by atoms with Crippen molar-refractivity contribution in [2.45, 2.75) is 30.9 Å². The van der Waals surface area contributed by atoms with E-state index in [0.29, 0.717) is 26.2 Å². The summed E-state index contributed by atoms with van der Waals surface area (Å²) in [6.07, 6.45) is 5.38. The summed E-state index contributed by atoms with van der Waals surface area (Å²) in [4.78, 5) is 15.7. The molecule has 3 heterocycles. The summed E-state index contributed by atoms with van der Waals surface area (Å²) in [6, 6.07) is 12.2. The minimum atomic E-state index is -0.417. The van der Waals surface area contributed by atoms with E-state index in [2.05, 4.69) is 22.5 Å². The molecule has 4 rings (SSSR count). The zero-order valence-corrected chi connectivity index (χ0v) is 15.0. The maximum absolute atomic E-state index is 13.6. The van der Waals surface area contributed by atoms with Gasteiger partial charge < -0.3 is 15.0 Å². The van der Waals surface area contributed by atoms with E-state index in [9.17, 15) is 4.79 Å². The highest BCUT2D eigenvalue weighted by atomic mass is 16.5. The monoisotopic (exact) mass is 354 g/mol. The van der Waals surface area contributed by atoms with Gasteiger partial charge in [-0.1, -0.05) is 30.3 Å². The van der Waals surface area contributed by atoms with Gasteiger partial charge in [-0.2, -0.15) is 5.10 Å². The van der Waals surface area contributed by atoms with Gasteiger partial charge in [0.15, 0.2) is 0 Å². The molecule has 2 saturated heterocycles. The minimum Gasteiger partial charge on any atom is -0.373 e. The van der Waals surface area contributed by atoms with Crippen molar-refractivity contribution in [1.29, 1.82) is 0 Å². The molecule has 2 aliphatic heterocycles. The molecule has 2 fully saturated rings. The van der Waals surface area contributed by atoms with Gasteiger partial charge >= 0.3 is 0 Å². The normalized spacial score (nSPS) is 22.9. The molecule has 0 spiro atoms. The lowest BCUT2D eigenvalue weighted by molar-refractivity contribution is -0.146. The van der Waals surface area contributed by atoms with Crippen LogP contribution in [-0.2, 0) is 21.5 Å². The summed E-state index contributed by atoms with van der Waals surface area (Å²) in [5.41, 5.74) is 0.724. The number of aromatic nitrogens is 2. The molecule has 0 aliphatic carbocycles. The molecule has 1 N–H and O–H groups in total. The standard InChI is InChI=1S/C20H26N4O2/c25-19(20(7-10-21-11-8-20)17-5-2-1-3-6-17)23-13-14-26-18(15-23)16-24-12-4-9-22-24/h1-6,9,12,18,21H,7-8,10-11,13-16H2. The van der Waals surface area contributed by atoms with E-state index in [1.54, 1.807) is 6.20 Å². The van der Waals surface area contributed by atoms with Crippen LogP contribution in [-0.4, -0.2) is 59.5 Å². The predicted octanol–water partition coefficient (Wildman–Crippen LogP) is 1.43. The van der Waals surface area contributed by atoms with Crippen molar-refractivity contribution < 1.29 is 9.53 Å². The first-order chi connectivity index (χ1) is 12.8. The van der Waals surface area contributed by atoms with E-state index >= 15 is 0 Å². The Morgan fingerprint density at radius 3 is 2.77 bits per heavy atom. The SMILES string of the molecule is O=C(N1CCOC(Cn2cccn2)C1)C1(c2ccccc2)CCNCC1. The molecular weight excluding hydrogens is 328 g/mol. The molecule has 6 nitrogen and oxygen atoms in total. The Labute approximate surface area is 154 Å². The average Bonchev–Trinajstić information content (AvgIpc) is 3.22. The summed E-state index contributed by atoms with van der Waals surface area (Å²) in [6.45, 7) is 4.30. The number of hydrogen-bond donors (Lipinski definition) is 1. The lowest BCUT2D eigenvalue weighted by atomic mass is 9.72. The molecule has 6 heteroatoms. The molecule has 0 saturated carbocycles. The van der Waals surface area contributed by atoms with E-state index in [-0.39, 0.29) is 12.0 Å². The van der Waals surface area contributed by atoms with Crippen molar-refractivity contribution in [2.24, 2.45) is 0 Å². The Morgan fingerprint density at radius 2 is 2.04 bits per heavy atom. The van der Waals surface area contributed by atoms with Gasteiger partial charge in [0.2, 0.25) is 5.91 Å². The quantitative estimate of drug-likeness (QED) is 0.902. The van der Waals surface area contributed by atoms with Crippen LogP contribution in [0.5, 0.6) is 0 Å². The number of morpholine rings is 1. The van der Waals surface area contributed by atoms with Crippen molar-refractivity contribution in [3.63, 3.8) is 0 Å². The van der Waals surface area contributed by atoms with Gasteiger partial charge in [0.05, 0.1) is 24.7 Å². The second kappa shape index (κ2) is 7.60. The third kappa shape index (κ3) is 3.39. The Morgan fingerprint density at radius 1 is 1.23 bits per heavy atom. The highest BCUT2D eigenvalue weighted by molar-refractivity contribution is 5.88. The fraction of sp³-hybridized carbons (Fsp3) is 0.500. The maximum Gasteiger partial charge on any atom is 0.233 e. The van der Waals surface area contributed by atoms with Crippen LogP contribution >= 0.6 is 0 Å². The fourth-order valence-corrected chi connectivity index (χ4v) is 4.17. The van der Waals surface area contributed by atoms with E-state index in [4.69, 9.17) is 4.74 Å². The summed E-state index contributed by atoms with van der Waals surface area (Å²) in [5, 5.41) is 7.65. The molecule has 1 unspecified atom stereocenters. The molecule has 2 aromatic rings. The number of carbonyl (C=O) groups is 1. The van der Waals surface area contributed by atoms with Gasteiger partial charge in [0.25, 0.3) is 0 Å². The number of rotatable bonds is 4. The van der Waals surface area contributed by atoms with E-state index in [1.165, 1.54) is 0 Å². The number of benzene rings is 1. The molecule has 2 aliphatic rings. The van der Waals surface area contributed by atoms with Crippen molar-refractivity contribution in [3.8, 4) is 0 Å². The van der Waals surface area contributed by atoms with Crippen LogP contribution in [0.25, 0.3) is 0 Å². The third-order valence-corrected chi connectivity index (χ3v) is 5.57. The Balaban J connectivity index is 1.53. The fourth-order valence-electron chi connectivity index (χ4n) is 4.17. The number of hydrogen-bond acceptors (Lipinski definition) is 4. The molecule has 1 atom stereocenters. The van der Waals surface area contributed by atoms with Gasteiger partial charge in [-0.05, 0) is 37.6 Å². The first-order valence-electron chi connectivity index (χ1n) is 9.43. The average molecular weight is 354 g/mol. The van der Waals surface area contributed by atoms with Crippen LogP contribution in [0.1, 0.15) is 18.4 Å². The number of piperidine rings is 1. The van der Waals surface area contributed by atoms with Gasteiger partial charge in [0.1, 0.15) is 0 Å². The molecule has 1 aromatic carbocycles.